The zero-order chi connectivity index (χ0) is 35.2. The van der Waals surface area contributed by atoms with Crippen molar-refractivity contribution in [1.29, 1.82) is 0 Å². The number of nitrogens with zero attached hydrogens (tertiary/aromatic N) is 4. The van der Waals surface area contributed by atoms with Crippen molar-refractivity contribution in [3.05, 3.63) is 94.3 Å². The van der Waals surface area contributed by atoms with Crippen LogP contribution in [0.3, 0.4) is 0 Å². The summed E-state index contributed by atoms with van der Waals surface area (Å²) in [5.41, 5.74) is 2.35. The first-order valence-corrected chi connectivity index (χ1v) is 19.2. The van der Waals surface area contributed by atoms with Gasteiger partial charge in [0.05, 0.1) is 28.2 Å². The highest BCUT2D eigenvalue weighted by molar-refractivity contribution is 7.89. The number of halogens is 3. The molecule has 7 rings (SSSR count). The van der Waals surface area contributed by atoms with Crippen LogP contribution in [0, 0.1) is 18.6 Å². The molecule has 0 radical (unpaired) electrons. The Morgan fingerprint density at radius 1 is 1.02 bits per heavy atom. The van der Waals surface area contributed by atoms with E-state index in [0.29, 0.717) is 44.1 Å². The van der Waals surface area contributed by atoms with Crippen molar-refractivity contribution in [3.63, 3.8) is 0 Å². The molecule has 0 saturated carbocycles. The minimum absolute atomic E-state index is 0.0624. The Morgan fingerprint density at radius 3 is 2.44 bits per heavy atom. The maximum atomic E-state index is 15.1. The molecule has 0 unspecified atom stereocenters. The summed E-state index contributed by atoms with van der Waals surface area (Å²) in [6.45, 7) is 5.22. The van der Waals surface area contributed by atoms with Gasteiger partial charge in [-0.05, 0) is 113 Å². The minimum Gasteiger partial charge on any atom is -0.338 e. The Hall–Kier alpha value is -3.42. The number of imidazole rings is 1. The number of aromatic nitrogens is 2. The van der Waals surface area contributed by atoms with Crippen molar-refractivity contribution >= 4 is 38.6 Å². The maximum Gasteiger partial charge on any atom is 0.263 e. The largest absolute Gasteiger partial charge is 0.338 e. The lowest BCUT2D eigenvalue weighted by atomic mass is 9.70. The molecule has 3 aliphatic rings. The molecule has 1 aromatic heterocycles. The summed E-state index contributed by atoms with van der Waals surface area (Å²) in [5, 5.41) is -0.360. The summed E-state index contributed by atoms with van der Waals surface area (Å²) in [7, 11) is -4.25. The number of amides is 1. The van der Waals surface area contributed by atoms with Crippen molar-refractivity contribution in [2.75, 3.05) is 26.2 Å². The van der Waals surface area contributed by atoms with Crippen molar-refractivity contribution in [1.82, 2.24) is 24.2 Å². The quantitative estimate of drug-likeness (QED) is 0.178. The molecule has 266 valence electrons. The minimum atomic E-state index is -4.25. The van der Waals surface area contributed by atoms with Crippen LogP contribution < -0.4 is 4.89 Å². The van der Waals surface area contributed by atoms with Gasteiger partial charge in [-0.3, -0.25) is 14.5 Å². The smallest absolute Gasteiger partial charge is 0.263 e. The Labute approximate surface area is 296 Å². The molecule has 4 aromatic rings. The number of hydrogen-bond donors (Lipinski definition) is 1. The highest BCUT2D eigenvalue weighted by Crippen LogP contribution is 2.45. The van der Waals surface area contributed by atoms with Crippen LogP contribution in [0.5, 0.6) is 0 Å². The van der Waals surface area contributed by atoms with Gasteiger partial charge < -0.3 is 9.47 Å². The first-order valence-electron chi connectivity index (χ1n) is 17.4. The number of likely N-dealkylation sites (tertiary alicyclic amines) is 1. The second kappa shape index (κ2) is 14.0. The second-order valence-corrected chi connectivity index (χ2v) is 15.9. The zero-order valence-corrected chi connectivity index (χ0v) is 29.8. The number of carbonyl (C=O) groups excluding carboxylic acids is 1. The predicted octanol–water partition coefficient (Wildman–Crippen LogP) is 6.94. The summed E-state index contributed by atoms with van der Waals surface area (Å²) >= 11 is 6.08. The summed E-state index contributed by atoms with van der Waals surface area (Å²) in [6.07, 6.45) is 6.30. The molecule has 3 aliphatic heterocycles. The molecule has 1 amide bonds. The third-order valence-electron chi connectivity index (χ3n) is 11.1. The summed E-state index contributed by atoms with van der Waals surface area (Å²) in [4.78, 5) is 29.0. The van der Waals surface area contributed by atoms with E-state index in [1.807, 2.05) is 17.0 Å². The van der Waals surface area contributed by atoms with Gasteiger partial charge in [-0.1, -0.05) is 40.8 Å². The van der Waals surface area contributed by atoms with Gasteiger partial charge in [-0.2, -0.15) is 0 Å². The normalized spacial score (nSPS) is 22.3. The van der Waals surface area contributed by atoms with Crippen molar-refractivity contribution in [2.45, 2.75) is 87.2 Å². The first kappa shape index (κ1) is 35.0. The number of hydrogen-bond acceptors (Lipinski definition) is 6. The van der Waals surface area contributed by atoms with Crippen LogP contribution in [0.25, 0.3) is 11.0 Å². The number of piperidine rings is 2. The monoisotopic (exact) mass is 725 g/mol. The number of carbonyl (C=O) groups is 1. The molecule has 13 heteroatoms. The van der Waals surface area contributed by atoms with Gasteiger partial charge in [0.2, 0.25) is 0 Å². The van der Waals surface area contributed by atoms with E-state index in [4.69, 9.17) is 21.4 Å². The van der Waals surface area contributed by atoms with E-state index in [0.717, 1.165) is 67.7 Å². The van der Waals surface area contributed by atoms with Crippen molar-refractivity contribution < 1.29 is 26.8 Å². The van der Waals surface area contributed by atoms with E-state index < -0.39 is 26.6 Å². The highest BCUT2D eigenvalue weighted by atomic mass is 35.5. The Morgan fingerprint density at radius 2 is 1.74 bits per heavy atom. The number of sulfonamides is 1. The van der Waals surface area contributed by atoms with Gasteiger partial charge in [-0.25, -0.2) is 22.2 Å². The SMILES string of the molecule is CCONS(=O)(=O)c1cc(C(=O)N2CCC(CCN3[C@@H]4CC[C@H]3C[C@@H](n3c(C)nc5ccccc53)C4)(c3cccc(F)c3)CC2)c(F)cc1Cl. The van der Waals surface area contributed by atoms with Gasteiger partial charge in [0.25, 0.3) is 15.9 Å². The van der Waals surface area contributed by atoms with Crippen LogP contribution in [-0.4, -0.2) is 72.0 Å². The van der Waals surface area contributed by atoms with Gasteiger partial charge in [0, 0.05) is 31.2 Å². The lowest BCUT2D eigenvalue weighted by Crippen LogP contribution is -2.49. The van der Waals surface area contributed by atoms with E-state index in [9.17, 15) is 17.6 Å². The number of rotatable bonds is 10. The van der Waals surface area contributed by atoms with Crippen molar-refractivity contribution in [2.24, 2.45) is 0 Å². The second-order valence-electron chi connectivity index (χ2n) is 13.9. The summed E-state index contributed by atoms with van der Waals surface area (Å²) < 4.78 is 57.7. The van der Waals surface area contributed by atoms with E-state index in [1.54, 1.807) is 24.0 Å². The molecule has 4 heterocycles. The Balaban J connectivity index is 1.08. The number of fused-ring (bicyclic) bond motifs is 3. The third kappa shape index (κ3) is 6.56. The number of benzene rings is 3. The molecular weight excluding hydrogens is 684 g/mol. The van der Waals surface area contributed by atoms with Gasteiger partial charge in [-0.15, -0.1) is 0 Å². The average Bonchev–Trinajstić information content (AvgIpc) is 3.56. The molecule has 2 bridgehead atoms. The summed E-state index contributed by atoms with van der Waals surface area (Å²) in [6, 6.07) is 18.2. The molecule has 3 saturated heterocycles. The van der Waals surface area contributed by atoms with Gasteiger partial charge in [0.15, 0.2) is 0 Å². The van der Waals surface area contributed by atoms with Crippen LogP contribution in [0.4, 0.5) is 8.78 Å². The molecule has 3 fully saturated rings. The fraction of sp³-hybridized carbons (Fsp3) is 0.459. The van der Waals surface area contributed by atoms with E-state index in [1.165, 1.54) is 11.6 Å². The highest BCUT2D eigenvalue weighted by Gasteiger charge is 2.44. The molecule has 0 spiro atoms. The summed E-state index contributed by atoms with van der Waals surface area (Å²) in [5.74, 6) is -0.784. The molecule has 3 aromatic carbocycles. The standard InChI is InChI=1S/C37H42ClF2N5O4S/c1-3-49-42-50(47,48)35-22-30(32(40)23-31(35)38)36(46)43-16-13-37(14-17-43,25-7-6-8-26(39)19-25)15-18-44-27-11-12-28(44)21-29(20-27)45-24(2)41-33-9-4-5-10-34(33)45/h4-10,19,22-23,27-29,42H,3,11-18,20-21H2,1-2H3/t27-,28+,29+. The van der Waals surface area contributed by atoms with Crippen molar-refractivity contribution in [3.8, 4) is 0 Å². The number of aryl methyl sites for hydroxylation is 1. The molecular formula is C37H42ClF2N5O4S. The number of nitrogens with one attached hydrogen (secondary N) is 1. The first-order chi connectivity index (χ1) is 24.0. The molecule has 3 atom stereocenters. The van der Waals surface area contributed by atoms with E-state index in [-0.39, 0.29) is 28.4 Å². The third-order valence-corrected chi connectivity index (χ3v) is 12.8. The topological polar surface area (TPSA) is 96.8 Å². The molecule has 50 heavy (non-hydrogen) atoms. The van der Waals surface area contributed by atoms with Crippen LogP contribution in [0.15, 0.2) is 65.6 Å². The van der Waals surface area contributed by atoms with Crippen LogP contribution in [-0.2, 0) is 20.3 Å². The fourth-order valence-corrected chi connectivity index (χ4v) is 10.1. The van der Waals surface area contributed by atoms with E-state index in [2.05, 4.69) is 34.6 Å². The van der Waals surface area contributed by atoms with Gasteiger partial charge in [0.1, 0.15) is 22.4 Å². The average molecular weight is 726 g/mol. The van der Waals surface area contributed by atoms with E-state index >= 15 is 4.39 Å². The molecule has 1 N–H and O–H groups in total. The zero-order valence-electron chi connectivity index (χ0n) is 28.2. The maximum absolute atomic E-state index is 15.1. The Bertz CT molecular complexity index is 2000. The van der Waals surface area contributed by atoms with Crippen LogP contribution in [0.2, 0.25) is 5.02 Å². The van der Waals surface area contributed by atoms with Crippen LogP contribution >= 0.6 is 11.6 Å². The van der Waals surface area contributed by atoms with Gasteiger partial charge >= 0.3 is 0 Å². The molecule has 0 aliphatic carbocycles. The lowest BCUT2D eigenvalue weighted by Gasteiger charge is -2.45. The van der Waals surface area contributed by atoms with Crippen LogP contribution in [0.1, 0.15) is 79.7 Å². The Kier molecular flexibility index (Phi) is 9.77. The molecule has 9 nitrogen and oxygen atoms in total. The lowest BCUT2D eigenvalue weighted by molar-refractivity contribution is 0.0602. The fourth-order valence-electron chi connectivity index (χ4n) is 8.68. The predicted molar refractivity (Wildman–Crippen MR) is 187 cm³/mol. The number of para-hydroxylation sites is 2.